The molecule has 0 aliphatic rings. The number of nitrogens with two attached hydrogens (primary N) is 1. The highest BCUT2D eigenvalue weighted by atomic mass is 31.0. The van der Waals surface area contributed by atoms with Crippen molar-refractivity contribution in [3.8, 4) is 0 Å². The van der Waals surface area contributed by atoms with Gasteiger partial charge in [0.05, 0.1) is 0 Å². The van der Waals surface area contributed by atoms with Crippen molar-refractivity contribution in [2.24, 2.45) is 11.7 Å². The highest BCUT2D eigenvalue weighted by Crippen LogP contribution is 2.22. The molecule has 0 amide bonds. The van der Waals surface area contributed by atoms with Crippen LogP contribution in [-0.2, 0) is 4.79 Å². The molecule has 0 bridgehead atoms. The van der Waals surface area contributed by atoms with Gasteiger partial charge in [-0.15, -0.1) is 9.24 Å². The third-order valence-electron chi connectivity index (χ3n) is 2.85. The normalized spacial score (nSPS) is 17.4. The molecule has 3 unspecified atom stereocenters. The zero-order valence-corrected chi connectivity index (χ0v) is 10.6. The summed E-state index contributed by atoms with van der Waals surface area (Å²) in [6, 6.07) is 0.293. The molecule has 2 nitrogen and oxygen atoms in total. The summed E-state index contributed by atoms with van der Waals surface area (Å²) >= 11 is 0. The number of carbonyl (C=O) groups excluding carboxylic acids is 1. The summed E-state index contributed by atoms with van der Waals surface area (Å²) in [5.41, 5.74) is 6.48. The molecule has 0 saturated heterocycles. The smallest absolute Gasteiger partial charge is 0.119 e. The van der Waals surface area contributed by atoms with Gasteiger partial charge in [0.25, 0.3) is 0 Å². The maximum absolute atomic E-state index is 10.1. The number of unbranched alkanes of at least 4 members (excludes halogenated alkanes) is 2. The summed E-state index contributed by atoms with van der Waals surface area (Å²) in [7, 11) is 2.86. The second-order valence-corrected chi connectivity index (χ2v) is 4.85. The van der Waals surface area contributed by atoms with Gasteiger partial charge in [-0.3, -0.25) is 0 Å². The fourth-order valence-corrected chi connectivity index (χ4v) is 2.05. The van der Waals surface area contributed by atoms with Gasteiger partial charge in [-0.05, 0) is 24.4 Å². The zero-order chi connectivity index (χ0) is 11.0. The molecule has 0 aromatic rings. The third kappa shape index (κ3) is 5.72. The lowest BCUT2D eigenvalue weighted by Gasteiger charge is -2.24. The van der Waals surface area contributed by atoms with Crippen molar-refractivity contribution >= 4 is 15.5 Å². The van der Waals surface area contributed by atoms with E-state index in [0.717, 1.165) is 25.5 Å². The number of hydrogen-bond donors (Lipinski definition) is 1. The van der Waals surface area contributed by atoms with Gasteiger partial charge in [-0.1, -0.05) is 26.7 Å². The summed E-state index contributed by atoms with van der Waals surface area (Å²) in [5, 5.41) is 0. The minimum atomic E-state index is 0.293. The van der Waals surface area contributed by atoms with Crippen molar-refractivity contribution in [2.75, 3.05) is 0 Å². The predicted molar refractivity (Wildman–Crippen MR) is 65.5 cm³/mol. The van der Waals surface area contributed by atoms with Crippen molar-refractivity contribution in [2.45, 2.75) is 57.7 Å². The van der Waals surface area contributed by atoms with Crippen LogP contribution in [0.4, 0.5) is 0 Å². The Labute approximate surface area is 90.2 Å². The molecule has 2 N–H and O–H groups in total. The average molecular weight is 217 g/mol. The maximum atomic E-state index is 10.1. The molecule has 0 saturated carbocycles. The van der Waals surface area contributed by atoms with E-state index in [-0.39, 0.29) is 0 Å². The van der Waals surface area contributed by atoms with E-state index >= 15 is 0 Å². The Morgan fingerprint density at radius 1 is 1.43 bits per heavy atom. The Morgan fingerprint density at radius 3 is 2.57 bits per heavy atom. The number of aldehydes is 1. The Hall–Kier alpha value is 0.0600. The summed E-state index contributed by atoms with van der Waals surface area (Å²) in [5.74, 6) is 0.640. The molecule has 0 spiro atoms. The monoisotopic (exact) mass is 217 g/mol. The van der Waals surface area contributed by atoms with E-state index in [1.54, 1.807) is 0 Å². The quantitative estimate of drug-likeness (QED) is 0.385. The SMILES string of the molecule is CCC(N)C(P)[C@@H](C)CCCCC=O. The lowest BCUT2D eigenvalue weighted by Crippen LogP contribution is -2.34. The summed E-state index contributed by atoms with van der Waals surface area (Å²) in [6.45, 7) is 4.37. The molecule has 0 aromatic heterocycles. The molecule has 4 atom stereocenters. The second-order valence-electron chi connectivity index (χ2n) is 4.08. The predicted octanol–water partition coefficient (Wildman–Crippen LogP) is 2.36. The van der Waals surface area contributed by atoms with E-state index in [4.69, 9.17) is 5.73 Å². The molecule has 0 rings (SSSR count). The molecule has 14 heavy (non-hydrogen) atoms. The molecule has 0 radical (unpaired) electrons. The summed E-state index contributed by atoms with van der Waals surface area (Å²) in [6.07, 6.45) is 6.07. The van der Waals surface area contributed by atoms with Gasteiger partial charge in [0, 0.05) is 12.5 Å². The molecular weight excluding hydrogens is 193 g/mol. The average Bonchev–Trinajstić information content (AvgIpc) is 2.21. The zero-order valence-electron chi connectivity index (χ0n) is 9.41. The van der Waals surface area contributed by atoms with Crippen LogP contribution in [0.15, 0.2) is 0 Å². The minimum absolute atomic E-state index is 0.293. The van der Waals surface area contributed by atoms with Gasteiger partial charge in [-0.2, -0.15) is 0 Å². The minimum Gasteiger partial charge on any atom is -0.327 e. The van der Waals surface area contributed by atoms with E-state index in [1.807, 2.05) is 0 Å². The Bertz CT molecular complexity index is 152. The van der Waals surface area contributed by atoms with Crippen LogP contribution in [0.1, 0.15) is 46.0 Å². The largest absolute Gasteiger partial charge is 0.327 e. The molecule has 0 aliphatic carbocycles. The van der Waals surface area contributed by atoms with Crippen LogP contribution in [0.5, 0.6) is 0 Å². The number of rotatable bonds is 8. The van der Waals surface area contributed by atoms with Gasteiger partial charge in [0.1, 0.15) is 6.29 Å². The van der Waals surface area contributed by atoms with Gasteiger partial charge in [0.15, 0.2) is 0 Å². The van der Waals surface area contributed by atoms with Crippen LogP contribution in [0, 0.1) is 5.92 Å². The van der Waals surface area contributed by atoms with Crippen LogP contribution < -0.4 is 5.73 Å². The Kier molecular flexibility index (Phi) is 8.41. The Morgan fingerprint density at radius 2 is 2.07 bits per heavy atom. The van der Waals surface area contributed by atoms with E-state index in [0.29, 0.717) is 24.0 Å². The first kappa shape index (κ1) is 14.1. The van der Waals surface area contributed by atoms with E-state index in [1.165, 1.54) is 6.42 Å². The number of hydrogen-bond acceptors (Lipinski definition) is 2. The molecular formula is C11H24NOP. The van der Waals surface area contributed by atoms with Gasteiger partial charge >= 0.3 is 0 Å². The van der Waals surface area contributed by atoms with Crippen molar-refractivity contribution in [1.82, 2.24) is 0 Å². The van der Waals surface area contributed by atoms with E-state index in [9.17, 15) is 4.79 Å². The van der Waals surface area contributed by atoms with Crippen LogP contribution in [0.3, 0.4) is 0 Å². The molecule has 0 aliphatic heterocycles. The van der Waals surface area contributed by atoms with Crippen LogP contribution in [0.2, 0.25) is 0 Å². The van der Waals surface area contributed by atoms with Gasteiger partial charge in [0.2, 0.25) is 0 Å². The molecule has 0 fully saturated rings. The van der Waals surface area contributed by atoms with Crippen LogP contribution >= 0.6 is 9.24 Å². The van der Waals surface area contributed by atoms with Gasteiger partial charge in [-0.25, -0.2) is 0 Å². The van der Waals surface area contributed by atoms with Crippen molar-refractivity contribution in [3.05, 3.63) is 0 Å². The highest BCUT2D eigenvalue weighted by Gasteiger charge is 2.17. The molecule has 3 heteroatoms. The lowest BCUT2D eigenvalue weighted by molar-refractivity contribution is -0.107. The standard InChI is InChI=1S/C11H24NOP/c1-3-10(12)11(14)9(2)7-5-4-6-8-13/h8-11H,3-7,12,14H2,1-2H3/t9-,10?,11?/m0/s1. The summed E-state index contributed by atoms with van der Waals surface area (Å²) in [4.78, 5) is 10.1. The molecule has 0 heterocycles. The third-order valence-corrected chi connectivity index (χ3v) is 4.01. The topological polar surface area (TPSA) is 43.1 Å². The van der Waals surface area contributed by atoms with Gasteiger partial charge < -0.3 is 10.5 Å². The Balaban J connectivity index is 3.61. The first-order valence-corrected chi connectivity index (χ1v) is 6.24. The first-order valence-electron chi connectivity index (χ1n) is 5.58. The van der Waals surface area contributed by atoms with Crippen LogP contribution in [0.25, 0.3) is 0 Å². The molecule has 84 valence electrons. The fourth-order valence-electron chi connectivity index (χ4n) is 1.58. The van der Waals surface area contributed by atoms with E-state index in [2.05, 4.69) is 23.1 Å². The first-order chi connectivity index (χ1) is 6.63. The second kappa shape index (κ2) is 8.38. The van der Waals surface area contributed by atoms with Crippen molar-refractivity contribution in [1.29, 1.82) is 0 Å². The van der Waals surface area contributed by atoms with Crippen LogP contribution in [-0.4, -0.2) is 18.0 Å². The van der Waals surface area contributed by atoms with Crippen molar-refractivity contribution in [3.63, 3.8) is 0 Å². The maximum Gasteiger partial charge on any atom is 0.119 e. The fraction of sp³-hybridized carbons (Fsp3) is 0.909. The highest BCUT2D eigenvalue weighted by molar-refractivity contribution is 7.17. The van der Waals surface area contributed by atoms with Crippen molar-refractivity contribution < 1.29 is 4.79 Å². The number of carbonyl (C=O) groups is 1. The van der Waals surface area contributed by atoms with E-state index < -0.39 is 0 Å². The molecule has 0 aromatic carbocycles. The summed E-state index contributed by atoms with van der Waals surface area (Å²) < 4.78 is 0. The lowest BCUT2D eigenvalue weighted by atomic mass is 9.94.